The summed E-state index contributed by atoms with van der Waals surface area (Å²) in [4.78, 5) is 23.2. The van der Waals surface area contributed by atoms with E-state index in [2.05, 4.69) is 21.2 Å². The number of carboxylic acids is 1. The van der Waals surface area contributed by atoms with Gasteiger partial charge in [0.15, 0.2) is 0 Å². The average Bonchev–Trinajstić information content (AvgIpc) is 2.34. The van der Waals surface area contributed by atoms with Crippen molar-refractivity contribution < 1.29 is 19.4 Å². The average molecular weight is 372 g/mol. The predicted octanol–water partition coefficient (Wildman–Crippen LogP) is 3.61. The quantitative estimate of drug-likeness (QED) is 0.828. The molecule has 0 aliphatic rings. The first-order valence-corrected chi connectivity index (χ1v) is 7.84. The van der Waals surface area contributed by atoms with Gasteiger partial charge in [0.25, 0.3) is 0 Å². The molecule has 0 aromatic heterocycles. The van der Waals surface area contributed by atoms with E-state index < -0.39 is 29.6 Å². The predicted molar refractivity (Wildman–Crippen MR) is 87.8 cm³/mol. The van der Waals surface area contributed by atoms with Crippen LogP contribution in [0.15, 0.2) is 28.7 Å². The van der Waals surface area contributed by atoms with E-state index in [1.54, 1.807) is 27.7 Å². The fourth-order valence-corrected chi connectivity index (χ4v) is 2.21. The SMILES string of the molecule is CC(NC(=O)OC(C)(C)C)C(Cc1ccc(Br)cc1)C(=O)O. The zero-order chi connectivity index (χ0) is 16.9. The van der Waals surface area contributed by atoms with Crippen LogP contribution >= 0.6 is 15.9 Å². The molecule has 5 nitrogen and oxygen atoms in total. The van der Waals surface area contributed by atoms with E-state index in [9.17, 15) is 14.7 Å². The minimum atomic E-state index is -0.952. The summed E-state index contributed by atoms with van der Waals surface area (Å²) in [5, 5.41) is 12.0. The van der Waals surface area contributed by atoms with Crippen LogP contribution in [-0.2, 0) is 16.0 Å². The maximum absolute atomic E-state index is 11.8. The van der Waals surface area contributed by atoms with Gasteiger partial charge in [0.05, 0.1) is 5.92 Å². The Hall–Kier alpha value is -1.56. The molecule has 0 heterocycles. The molecule has 22 heavy (non-hydrogen) atoms. The number of alkyl carbamates (subject to hydrolysis) is 1. The molecule has 0 saturated carbocycles. The van der Waals surface area contributed by atoms with Crippen LogP contribution in [0.2, 0.25) is 0 Å². The van der Waals surface area contributed by atoms with Gasteiger partial charge in [-0.05, 0) is 51.8 Å². The van der Waals surface area contributed by atoms with Crippen molar-refractivity contribution in [2.75, 3.05) is 0 Å². The van der Waals surface area contributed by atoms with Crippen molar-refractivity contribution in [1.29, 1.82) is 0 Å². The number of halogens is 1. The molecular formula is C16H22BrNO4. The lowest BCUT2D eigenvalue weighted by molar-refractivity contribution is -0.142. The first-order valence-electron chi connectivity index (χ1n) is 7.05. The highest BCUT2D eigenvalue weighted by Crippen LogP contribution is 2.17. The summed E-state index contributed by atoms with van der Waals surface area (Å²) in [6.07, 6.45) is -0.276. The highest BCUT2D eigenvalue weighted by molar-refractivity contribution is 9.10. The number of amides is 1. The van der Waals surface area contributed by atoms with E-state index in [0.717, 1.165) is 10.0 Å². The monoisotopic (exact) mass is 371 g/mol. The van der Waals surface area contributed by atoms with Crippen molar-refractivity contribution in [1.82, 2.24) is 5.32 Å². The maximum Gasteiger partial charge on any atom is 0.407 e. The Morgan fingerprint density at radius 2 is 1.82 bits per heavy atom. The number of hydrogen-bond acceptors (Lipinski definition) is 3. The third-order valence-corrected chi connectivity index (χ3v) is 3.56. The van der Waals surface area contributed by atoms with E-state index in [-0.39, 0.29) is 0 Å². The molecule has 1 aromatic rings. The zero-order valence-electron chi connectivity index (χ0n) is 13.2. The fourth-order valence-electron chi connectivity index (χ4n) is 1.95. The highest BCUT2D eigenvalue weighted by Gasteiger charge is 2.28. The van der Waals surface area contributed by atoms with E-state index in [1.165, 1.54) is 0 Å². The van der Waals surface area contributed by atoms with Crippen LogP contribution in [0.25, 0.3) is 0 Å². The third kappa shape index (κ3) is 6.47. The molecule has 6 heteroatoms. The molecule has 0 bridgehead atoms. The molecule has 2 N–H and O–H groups in total. The summed E-state index contributed by atoms with van der Waals surface area (Å²) in [7, 11) is 0. The second-order valence-electron chi connectivity index (χ2n) is 6.21. The van der Waals surface area contributed by atoms with Gasteiger partial charge >= 0.3 is 12.1 Å². The molecule has 0 saturated heterocycles. The van der Waals surface area contributed by atoms with Crippen LogP contribution < -0.4 is 5.32 Å². The van der Waals surface area contributed by atoms with Gasteiger partial charge in [-0.25, -0.2) is 4.79 Å². The summed E-state index contributed by atoms with van der Waals surface area (Å²) >= 11 is 3.34. The van der Waals surface area contributed by atoms with Crippen LogP contribution in [0, 0.1) is 5.92 Å². The summed E-state index contributed by atoms with van der Waals surface area (Å²) in [5.41, 5.74) is 0.280. The molecule has 0 radical (unpaired) electrons. The lowest BCUT2D eigenvalue weighted by atomic mass is 9.93. The molecule has 2 atom stereocenters. The van der Waals surface area contributed by atoms with Crippen LogP contribution in [0.3, 0.4) is 0 Å². The molecule has 0 spiro atoms. The molecule has 1 amide bonds. The minimum Gasteiger partial charge on any atom is -0.481 e. The highest BCUT2D eigenvalue weighted by atomic mass is 79.9. The topological polar surface area (TPSA) is 75.6 Å². The minimum absolute atomic E-state index is 0.333. The molecule has 1 aromatic carbocycles. The maximum atomic E-state index is 11.8. The Kier molecular flexibility index (Phi) is 6.41. The summed E-state index contributed by atoms with van der Waals surface area (Å²) in [5.74, 6) is -1.68. The van der Waals surface area contributed by atoms with Gasteiger partial charge < -0.3 is 15.2 Å². The van der Waals surface area contributed by atoms with Gasteiger partial charge in [-0.15, -0.1) is 0 Å². The number of aliphatic carboxylic acids is 1. The Balaban J connectivity index is 2.71. The van der Waals surface area contributed by atoms with Crippen LogP contribution in [0.5, 0.6) is 0 Å². The Bertz CT molecular complexity index is 522. The Labute approximate surface area is 139 Å². The second-order valence-corrected chi connectivity index (χ2v) is 7.13. The first-order chi connectivity index (χ1) is 10.1. The first kappa shape index (κ1) is 18.5. The van der Waals surface area contributed by atoms with Crippen molar-refractivity contribution >= 4 is 28.0 Å². The molecule has 0 aliphatic heterocycles. The second kappa shape index (κ2) is 7.63. The van der Waals surface area contributed by atoms with Crippen LogP contribution in [0.4, 0.5) is 4.79 Å². The number of carboxylic acid groups (broad SMARTS) is 1. The summed E-state index contributed by atoms with van der Waals surface area (Å²) < 4.78 is 6.09. The zero-order valence-corrected chi connectivity index (χ0v) is 14.8. The standard InChI is InChI=1S/C16H22BrNO4/c1-10(18-15(21)22-16(2,3)4)13(14(19)20)9-11-5-7-12(17)8-6-11/h5-8,10,13H,9H2,1-4H3,(H,18,21)(H,19,20). The van der Waals surface area contributed by atoms with Gasteiger partial charge in [0, 0.05) is 10.5 Å². The van der Waals surface area contributed by atoms with Crippen LogP contribution in [0.1, 0.15) is 33.3 Å². The lowest BCUT2D eigenvalue weighted by Gasteiger charge is -2.25. The fraction of sp³-hybridized carbons (Fsp3) is 0.500. The van der Waals surface area contributed by atoms with Gasteiger partial charge in [0.1, 0.15) is 5.60 Å². The number of hydrogen-bond donors (Lipinski definition) is 2. The van der Waals surface area contributed by atoms with Gasteiger partial charge in [-0.2, -0.15) is 0 Å². The number of carbonyl (C=O) groups is 2. The third-order valence-electron chi connectivity index (χ3n) is 3.03. The van der Waals surface area contributed by atoms with Crippen LogP contribution in [-0.4, -0.2) is 28.8 Å². The molecule has 0 aliphatic carbocycles. The Morgan fingerprint density at radius 3 is 2.27 bits per heavy atom. The molecule has 122 valence electrons. The number of benzene rings is 1. The smallest absolute Gasteiger partial charge is 0.407 e. The van der Waals surface area contributed by atoms with Crippen molar-refractivity contribution in [2.24, 2.45) is 5.92 Å². The molecule has 1 rings (SSSR count). The van der Waals surface area contributed by atoms with Crippen molar-refractivity contribution in [2.45, 2.75) is 45.8 Å². The van der Waals surface area contributed by atoms with Gasteiger partial charge in [-0.3, -0.25) is 4.79 Å². The lowest BCUT2D eigenvalue weighted by Crippen LogP contribution is -2.44. The largest absolute Gasteiger partial charge is 0.481 e. The van der Waals surface area contributed by atoms with Crippen molar-refractivity contribution in [3.05, 3.63) is 34.3 Å². The molecule has 2 unspecified atom stereocenters. The molecule has 0 fully saturated rings. The summed E-state index contributed by atoms with van der Waals surface area (Å²) in [6, 6.07) is 6.90. The van der Waals surface area contributed by atoms with Crippen molar-refractivity contribution in [3.63, 3.8) is 0 Å². The Morgan fingerprint density at radius 1 is 1.27 bits per heavy atom. The van der Waals surface area contributed by atoms with Gasteiger partial charge in [0.2, 0.25) is 0 Å². The summed E-state index contributed by atoms with van der Waals surface area (Å²) in [6.45, 7) is 6.94. The normalized spacial score (nSPS) is 14.0. The molecular weight excluding hydrogens is 350 g/mol. The van der Waals surface area contributed by atoms with E-state index >= 15 is 0 Å². The number of rotatable bonds is 5. The van der Waals surface area contributed by atoms with E-state index in [0.29, 0.717) is 6.42 Å². The number of ether oxygens (including phenoxy) is 1. The van der Waals surface area contributed by atoms with E-state index in [1.807, 2.05) is 24.3 Å². The number of carbonyl (C=O) groups excluding carboxylic acids is 1. The van der Waals surface area contributed by atoms with Crippen molar-refractivity contribution in [3.8, 4) is 0 Å². The van der Waals surface area contributed by atoms with E-state index in [4.69, 9.17) is 4.74 Å². The van der Waals surface area contributed by atoms with Gasteiger partial charge in [-0.1, -0.05) is 28.1 Å². The number of nitrogens with one attached hydrogen (secondary N) is 1.